The molecule has 9 heteroatoms. The zero-order valence-corrected chi connectivity index (χ0v) is 19.4. The lowest BCUT2D eigenvalue weighted by Crippen LogP contribution is -2.27. The van der Waals surface area contributed by atoms with Gasteiger partial charge >= 0.3 is 6.11 Å². The second-order valence-electron chi connectivity index (χ2n) is 8.28. The van der Waals surface area contributed by atoms with E-state index in [0.717, 1.165) is 25.0 Å². The van der Waals surface area contributed by atoms with E-state index in [4.69, 9.17) is 21.1 Å². The van der Waals surface area contributed by atoms with E-state index in [0.29, 0.717) is 30.4 Å². The number of halogens is 6. The molecule has 3 aromatic rings. The first kappa shape index (κ1) is 25.4. The van der Waals surface area contributed by atoms with Crippen molar-refractivity contribution in [3.63, 3.8) is 0 Å². The summed E-state index contributed by atoms with van der Waals surface area (Å²) in [5, 5.41) is 0.365. The van der Waals surface area contributed by atoms with E-state index in [1.807, 2.05) is 6.92 Å². The van der Waals surface area contributed by atoms with Gasteiger partial charge < -0.3 is 14.2 Å². The molecule has 1 saturated heterocycles. The minimum atomic E-state index is -4.20. The molecule has 0 N–H and O–H groups in total. The Morgan fingerprint density at radius 2 is 1.54 bits per heavy atom. The summed E-state index contributed by atoms with van der Waals surface area (Å²) >= 11 is 5.78. The Bertz CT molecular complexity index is 1160. The summed E-state index contributed by atoms with van der Waals surface area (Å²) in [6.07, 6.45) is -3.18. The Morgan fingerprint density at radius 1 is 0.914 bits per heavy atom. The largest absolute Gasteiger partial charge is 0.429 e. The van der Waals surface area contributed by atoms with Gasteiger partial charge in [-0.1, -0.05) is 43.1 Å². The maximum atomic E-state index is 14.8. The van der Waals surface area contributed by atoms with Gasteiger partial charge in [0.2, 0.25) is 0 Å². The van der Waals surface area contributed by atoms with Crippen molar-refractivity contribution in [3.05, 3.63) is 88.2 Å². The van der Waals surface area contributed by atoms with Crippen molar-refractivity contribution in [2.45, 2.75) is 32.2 Å². The summed E-state index contributed by atoms with van der Waals surface area (Å²) < 4.78 is 89.0. The summed E-state index contributed by atoms with van der Waals surface area (Å²) in [7, 11) is 0. The second kappa shape index (κ2) is 10.5. The lowest BCUT2D eigenvalue weighted by atomic mass is 10.0. The third-order valence-corrected chi connectivity index (χ3v) is 5.89. The van der Waals surface area contributed by atoms with Gasteiger partial charge in [-0.3, -0.25) is 0 Å². The first-order valence-electron chi connectivity index (χ1n) is 11.0. The van der Waals surface area contributed by atoms with Crippen LogP contribution in [-0.4, -0.2) is 13.2 Å². The van der Waals surface area contributed by atoms with Crippen molar-refractivity contribution in [1.82, 2.24) is 0 Å². The molecule has 1 aliphatic heterocycles. The molecule has 1 fully saturated rings. The van der Waals surface area contributed by atoms with Crippen LogP contribution in [0.25, 0.3) is 11.1 Å². The molecule has 0 atom stereocenters. The van der Waals surface area contributed by atoms with Gasteiger partial charge in [-0.05, 0) is 36.2 Å². The molecule has 0 amide bonds. The molecule has 1 aliphatic rings. The van der Waals surface area contributed by atoms with Crippen LogP contribution in [0, 0.1) is 23.4 Å². The summed E-state index contributed by atoms with van der Waals surface area (Å²) in [4.78, 5) is 0. The van der Waals surface area contributed by atoms with Crippen molar-refractivity contribution >= 4 is 11.6 Å². The maximum absolute atomic E-state index is 14.8. The van der Waals surface area contributed by atoms with Crippen LogP contribution in [0.15, 0.2) is 54.6 Å². The Kier molecular flexibility index (Phi) is 7.64. The Labute approximate surface area is 204 Å². The molecule has 0 bridgehead atoms. The number of benzene rings is 3. The smallest absolute Gasteiger partial charge is 0.429 e. The third-order valence-electron chi connectivity index (χ3n) is 5.64. The van der Waals surface area contributed by atoms with E-state index in [-0.39, 0.29) is 17.0 Å². The molecule has 0 unspecified atom stereocenters. The number of hydrogen-bond acceptors (Lipinski definition) is 3. The molecule has 0 aliphatic carbocycles. The fourth-order valence-electron chi connectivity index (χ4n) is 3.93. The van der Waals surface area contributed by atoms with Crippen LogP contribution >= 0.6 is 11.6 Å². The maximum Gasteiger partial charge on any atom is 0.429 e. The molecule has 0 spiro atoms. The highest BCUT2D eigenvalue weighted by atomic mass is 35.5. The van der Waals surface area contributed by atoms with E-state index in [1.54, 1.807) is 0 Å². The van der Waals surface area contributed by atoms with E-state index < -0.39 is 46.7 Å². The SMILES string of the molecule is CCCC1COC(c2ccc(C(F)(F)Oc3cc(F)c(-c4ccc(Cl)cc4)c(F)c3)c(F)c2)OC1. The Hall–Kier alpha value is -2.68. The highest BCUT2D eigenvalue weighted by Gasteiger charge is 2.39. The summed E-state index contributed by atoms with van der Waals surface area (Å²) in [6.45, 7) is 2.88. The molecule has 3 nitrogen and oxygen atoms in total. The molecule has 0 saturated carbocycles. The highest BCUT2D eigenvalue weighted by molar-refractivity contribution is 6.30. The van der Waals surface area contributed by atoms with E-state index in [9.17, 15) is 22.0 Å². The number of rotatable bonds is 7. The monoisotopic (exact) mass is 512 g/mol. The van der Waals surface area contributed by atoms with Gasteiger partial charge in [-0.2, -0.15) is 8.78 Å². The first-order chi connectivity index (χ1) is 16.7. The minimum absolute atomic E-state index is 0.164. The molecule has 4 rings (SSSR count). The van der Waals surface area contributed by atoms with Gasteiger partial charge in [0.15, 0.2) is 6.29 Å². The molecule has 0 radical (unpaired) electrons. The molecule has 3 aromatic carbocycles. The number of hydrogen-bond donors (Lipinski definition) is 0. The molecule has 1 heterocycles. The van der Waals surface area contributed by atoms with Crippen LogP contribution in [0.3, 0.4) is 0 Å². The van der Waals surface area contributed by atoms with Gasteiger partial charge in [0.25, 0.3) is 0 Å². The molecule has 0 aromatic heterocycles. The zero-order chi connectivity index (χ0) is 25.2. The minimum Gasteiger partial charge on any atom is -0.429 e. The lowest BCUT2D eigenvalue weighted by molar-refractivity contribution is -0.206. The van der Waals surface area contributed by atoms with E-state index >= 15 is 0 Å². The van der Waals surface area contributed by atoms with Crippen LogP contribution < -0.4 is 4.74 Å². The van der Waals surface area contributed by atoms with Crippen LogP contribution in [0.5, 0.6) is 5.75 Å². The summed E-state index contributed by atoms with van der Waals surface area (Å²) in [6, 6.07) is 9.84. The predicted octanol–water partition coefficient (Wildman–Crippen LogP) is 8.01. The summed E-state index contributed by atoms with van der Waals surface area (Å²) in [5.41, 5.74) is -1.12. The van der Waals surface area contributed by atoms with Crippen molar-refractivity contribution in [2.24, 2.45) is 5.92 Å². The lowest BCUT2D eigenvalue weighted by Gasteiger charge is -2.29. The van der Waals surface area contributed by atoms with Crippen molar-refractivity contribution in [3.8, 4) is 16.9 Å². The Morgan fingerprint density at radius 3 is 2.11 bits per heavy atom. The van der Waals surface area contributed by atoms with Crippen LogP contribution in [-0.2, 0) is 15.6 Å². The van der Waals surface area contributed by atoms with Gasteiger partial charge in [-0.25, -0.2) is 13.2 Å². The standard InChI is InChI=1S/C26H22ClF5O3/c1-2-3-15-13-33-25(34-14-15)17-6-9-20(21(28)10-17)26(31,32)35-19-11-22(29)24(23(30)12-19)16-4-7-18(27)8-5-16/h4-12,15,25H,2-3,13-14H2,1H3. The number of ether oxygens (including phenoxy) is 3. The average Bonchev–Trinajstić information content (AvgIpc) is 2.80. The predicted molar refractivity (Wildman–Crippen MR) is 121 cm³/mol. The quantitative estimate of drug-likeness (QED) is 0.300. The van der Waals surface area contributed by atoms with Gasteiger partial charge in [0, 0.05) is 28.6 Å². The topological polar surface area (TPSA) is 27.7 Å². The molecular weight excluding hydrogens is 491 g/mol. The van der Waals surface area contributed by atoms with Crippen molar-refractivity contribution in [2.75, 3.05) is 13.2 Å². The Balaban J connectivity index is 1.51. The van der Waals surface area contributed by atoms with E-state index in [2.05, 4.69) is 4.74 Å². The molecule has 35 heavy (non-hydrogen) atoms. The fourth-order valence-corrected chi connectivity index (χ4v) is 4.05. The van der Waals surface area contributed by atoms with Crippen molar-refractivity contribution in [1.29, 1.82) is 0 Å². The van der Waals surface area contributed by atoms with Crippen LogP contribution in [0.2, 0.25) is 5.02 Å². The second-order valence-corrected chi connectivity index (χ2v) is 8.72. The molecular formula is C26H22ClF5O3. The van der Waals surface area contributed by atoms with Gasteiger partial charge in [0.05, 0.1) is 24.3 Å². The van der Waals surface area contributed by atoms with Crippen LogP contribution in [0.1, 0.15) is 37.2 Å². The van der Waals surface area contributed by atoms with Crippen LogP contribution in [0.4, 0.5) is 22.0 Å². The average molecular weight is 513 g/mol. The zero-order valence-electron chi connectivity index (χ0n) is 18.7. The van der Waals surface area contributed by atoms with E-state index in [1.165, 1.54) is 30.3 Å². The highest BCUT2D eigenvalue weighted by Crippen LogP contribution is 2.38. The van der Waals surface area contributed by atoms with Gasteiger partial charge in [0.1, 0.15) is 23.2 Å². The number of alkyl halides is 2. The third kappa shape index (κ3) is 5.77. The van der Waals surface area contributed by atoms with Crippen molar-refractivity contribution < 1.29 is 36.2 Å². The molecule has 186 valence electrons. The van der Waals surface area contributed by atoms with Gasteiger partial charge in [-0.15, -0.1) is 0 Å². The summed E-state index contributed by atoms with van der Waals surface area (Å²) in [5.74, 6) is -4.09. The first-order valence-corrected chi connectivity index (χ1v) is 11.4. The fraction of sp³-hybridized carbons (Fsp3) is 0.308. The normalized spacial score (nSPS) is 18.5.